The van der Waals surface area contributed by atoms with Crippen LogP contribution in [-0.2, 0) is 23.9 Å². The molecule has 0 amide bonds. The van der Waals surface area contributed by atoms with Gasteiger partial charge in [0.25, 0.3) is 0 Å². The standard InChI is InChI=1S/C26H33NO7/c1-8-14(3)34-26(30)20-15(4)27-17-12-13(2)19(25(29)33-7)23(28)22(17)21(20)16-10-9-11-18(31-5)24(16)32-6/h9-11,13-14,19,21,27H,8,12H2,1-7H3/t13-,14+,19-,21-/m0/s1. The number of methoxy groups -OCH3 is 3. The van der Waals surface area contributed by atoms with E-state index in [9.17, 15) is 14.4 Å². The molecule has 2 aliphatic rings. The first-order chi connectivity index (χ1) is 16.2. The Morgan fingerprint density at radius 3 is 2.47 bits per heavy atom. The highest BCUT2D eigenvalue weighted by Crippen LogP contribution is 2.49. The van der Waals surface area contributed by atoms with E-state index in [0.717, 1.165) is 0 Å². The van der Waals surface area contributed by atoms with Gasteiger partial charge in [0.1, 0.15) is 5.92 Å². The maximum Gasteiger partial charge on any atom is 0.337 e. The van der Waals surface area contributed by atoms with Crippen molar-refractivity contribution in [2.45, 2.75) is 52.6 Å². The monoisotopic (exact) mass is 471 g/mol. The highest BCUT2D eigenvalue weighted by atomic mass is 16.5. The molecule has 0 saturated heterocycles. The Morgan fingerprint density at radius 2 is 1.88 bits per heavy atom. The molecule has 8 nitrogen and oxygen atoms in total. The second-order valence-corrected chi connectivity index (χ2v) is 8.74. The first-order valence-electron chi connectivity index (χ1n) is 11.4. The van der Waals surface area contributed by atoms with Crippen LogP contribution in [0.2, 0.25) is 0 Å². The molecule has 4 atom stereocenters. The predicted molar refractivity (Wildman–Crippen MR) is 125 cm³/mol. The Morgan fingerprint density at radius 1 is 1.18 bits per heavy atom. The average Bonchev–Trinajstić information content (AvgIpc) is 2.81. The molecule has 0 spiro atoms. The van der Waals surface area contributed by atoms with Crippen LogP contribution in [-0.4, -0.2) is 45.2 Å². The number of esters is 2. The number of carbonyl (C=O) groups is 3. The van der Waals surface area contributed by atoms with Crippen LogP contribution in [0.5, 0.6) is 11.5 Å². The van der Waals surface area contributed by atoms with Crippen molar-refractivity contribution < 1.29 is 33.3 Å². The number of allylic oxidation sites excluding steroid dienone is 3. The first-order valence-corrected chi connectivity index (χ1v) is 11.4. The third-order valence-corrected chi connectivity index (χ3v) is 6.59. The number of carbonyl (C=O) groups excluding carboxylic acids is 3. The Labute approximate surface area is 200 Å². The lowest BCUT2D eigenvalue weighted by Crippen LogP contribution is -2.43. The van der Waals surface area contributed by atoms with E-state index < -0.39 is 23.8 Å². The van der Waals surface area contributed by atoms with Crippen LogP contribution in [0.4, 0.5) is 0 Å². The normalized spacial score (nSPS) is 23.0. The lowest BCUT2D eigenvalue weighted by atomic mass is 9.69. The van der Waals surface area contributed by atoms with E-state index in [1.54, 1.807) is 25.1 Å². The smallest absolute Gasteiger partial charge is 0.337 e. The van der Waals surface area contributed by atoms with E-state index in [1.165, 1.54) is 21.3 Å². The summed E-state index contributed by atoms with van der Waals surface area (Å²) in [5.74, 6) is -2.64. The highest BCUT2D eigenvalue weighted by molar-refractivity contribution is 6.12. The van der Waals surface area contributed by atoms with Gasteiger partial charge in [-0.2, -0.15) is 0 Å². The van der Waals surface area contributed by atoms with Crippen LogP contribution in [0.1, 0.15) is 52.0 Å². The largest absolute Gasteiger partial charge is 0.493 e. The van der Waals surface area contributed by atoms with Crippen LogP contribution in [0, 0.1) is 11.8 Å². The molecule has 0 saturated carbocycles. The molecule has 8 heteroatoms. The fourth-order valence-corrected chi connectivity index (χ4v) is 4.73. The minimum atomic E-state index is -0.963. The number of benzene rings is 1. The molecule has 0 bridgehead atoms. The Bertz CT molecular complexity index is 1060. The maximum absolute atomic E-state index is 13.8. The fourth-order valence-electron chi connectivity index (χ4n) is 4.73. The third kappa shape index (κ3) is 4.41. The van der Waals surface area contributed by atoms with Crippen molar-refractivity contribution >= 4 is 17.7 Å². The van der Waals surface area contributed by atoms with E-state index in [2.05, 4.69) is 5.32 Å². The number of hydrogen-bond acceptors (Lipinski definition) is 8. The summed E-state index contributed by atoms with van der Waals surface area (Å²) in [5, 5.41) is 3.26. The average molecular weight is 472 g/mol. The molecule has 34 heavy (non-hydrogen) atoms. The number of ketones is 1. The Hall–Kier alpha value is -3.29. The van der Waals surface area contributed by atoms with Gasteiger partial charge in [-0.1, -0.05) is 26.0 Å². The number of hydrogen-bond donors (Lipinski definition) is 1. The zero-order valence-electron chi connectivity index (χ0n) is 20.8. The molecule has 1 aliphatic carbocycles. The summed E-state index contributed by atoms with van der Waals surface area (Å²) in [4.78, 5) is 39.8. The quantitative estimate of drug-likeness (QED) is 0.475. The molecule has 3 rings (SSSR count). The first kappa shape index (κ1) is 25.3. The number of ether oxygens (including phenoxy) is 4. The summed E-state index contributed by atoms with van der Waals surface area (Å²) in [6.07, 6.45) is 0.795. The van der Waals surface area contributed by atoms with Gasteiger partial charge in [-0.3, -0.25) is 9.59 Å². The second-order valence-electron chi connectivity index (χ2n) is 8.74. The molecule has 184 valence electrons. The minimum absolute atomic E-state index is 0.263. The van der Waals surface area contributed by atoms with E-state index in [-0.39, 0.29) is 17.8 Å². The molecule has 0 aromatic heterocycles. The van der Waals surface area contributed by atoms with Gasteiger partial charge in [0.15, 0.2) is 17.3 Å². The number of nitrogens with one attached hydrogen (secondary N) is 1. The molecule has 1 aliphatic heterocycles. The lowest BCUT2D eigenvalue weighted by Gasteiger charge is -2.38. The SMILES string of the molecule is CC[C@@H](C)OC(=O)C1=C(C)NC2=C(C(=O)[C@@H](C(=O)OC)[C@@H](C)C2)[C@H]1c1cccc(OC)c1OC. The van der Waals surface area contributed by atoms with Crippen molar-refractivity contribution in [1.82, 2.24) is 5.32 Å². The summed E-state index contributed by atoms with van der Waals surface area (Å²) < 4.78 is 21.8. The van der Waals surface area contributed by atoms with Crippen molar-refractivity contribution in [3.05, 3.63) is 46.3 Å². The Balaban J connectivity index is 2.26. The highest BCUT2D eigenvalue weighted by Gasteiger charge is 2.48. The zero-order valence-corrected chi connectivity index (χ0v) is 20.8. The topological polar surface area (TPSA) is 100 Å². The molecule has 0 fully saturated rings. The summed E-state index contributed by atoms with van der Waals surface area (Å²) in [7, 11) is 4.30. The van der Waals surface area contributed by atoms with Crippen LogP contribution in [0.3, 0.4) is 0 Å². The van der Waals surface area contributed by atoms with Gasteiger partial charge >= 0.3 is 11.9 Å². The summed E-state index contributed by atoms with van der Waals surface area (Å²) in [6.45, 7) is 7.38. The maximum atomic E-state index is 13.8. The van der Waals surface area contributed by atoms with Crippen LogP contribution in [0.15, 0.2) is 40.7 Å². The van der Waals surface area contributed by atoms with Gasteiger partial charge in [-0.05, 0) is 38.7 Å². The molecular formula is C26H33NO7. The minimum Gasteiger partial charge on any atom is -0.493 e. The van der Waals surface area contributed by atoms with Crippen molar-refractivity contribution in [2.75, 3.05) is 21.3 Å². The van der Waals surface area contributed by atoms with E-state index in [0.29, 0.717) is 52.4 Å². The number of para-hydroxylation sites is 1. The van der Waals surface area contributed by atoms with E-state index in [4.69, 9.17) is 18.9 Å². The molecule has 0 unspecified atom stereocenters. The Kier molecular flexibility index (Phi) is 7.69. The van der Waals surface area contributed by atoms with Crippen molar-refractivity contribution in [2.24, 2.45) is 11.8 Å². The molecule has 0 radical (unpaired) electrons. The summed E-state index contributed by atoms with van der Waals surface area (Å²) in [6, 6.07) is 5.32. The van der Waals surface area contributed by atoms with Crippen molar-refractivity contribution in [3.8, 4) is 11.5 Å². The summed E-state index contributed by atoms with van der Waals surface area (Å²) >= 11 is 0. The predicted octanol–water partition coefficient (Wildman–Crippen LogP) is 3.66. The van der Waals surface area contributed by atoms with E-state index in [1.807, 2.05) is 20.8 Å². The zero-order chi connectivity index (χ0) is 25.2. The second kappa shape index (κ2) is 10.3. The number of rotatable bonds is 7. The fraction of sp³-hybridized carbons (Fsp3) is 0.500. The van der Waals surface area contributed by atoms with Crippen LogP contribution in [0.25, 0.3) is 0 Å². The van der Waals surface area contributed by atoms with Gasteiger partial charge < -0.3 is 24.3 Å². The van der Waals surface area contributed by atoms with E-state index >= 15 is 0 Å². The third-order valence-electron chi connectivity index (χ3n) is 6.59. The lowest BCUT2D eigenvalue weighted by molar-refractivity contribution is -0.151. The molecular weight excluding hydrogens is 438 g/mol. The van der Waals surface area contributed by atoms with Crippen molar-refractivity contribution in [1.29, 1.82) is 0 Å². The van der Waals surface area contributed by atoms with Crippen LogP contribution >= 0.6 is 0 Å². The van der Waals surface area contributed by atoms with Crippen LogP contribution < -0.4 is 14.8 Å². The molecule has 1 N–H and O–H groups in total. The summed E-state index contributed by atoms with van der Waals surface area (Å²) in [5.41, 5.74) is 2.51. The van der Waals surface area contributed by atoms with Gasteiger partial charge in [0, 0.05) is 22.5 Å². The molecule has 1 aromatic carbocycles. The molecule has 1 aromatic rings. The van der Waals surface area contributed by atoms with Crippen molar-refractivity contribution in [3.63, 3.8) is 0 Å². The van der Waals surface area contributed by atoms with Gasteiger partial charge in [0.05, 0.1) is 38.9 Å². The van der Waals surface area contributed by atoms with Gasteiger partial charge in [0.2, 0.25) is 0 Å². The number of dihydropyridines is 1. The number of Topliss-reactive ketones (excluding diaryl/α,β-unsaturated/α-hetero) is 1. The molecule has 1 heterocycles. The van der Waals surface area contributed by atoms with Gasteiger partial charge in [-0.25, -0.2) is 4.79 Å². The van der Waals surface area contributed by atoms with Gasteiger partial charge in [-0.15, -0.1) is 0 Å².